The summed E-state index contributed by atoms with van der Waals surface area (Å²) in [6.45, 7) is 5.94. The number of ether oxygens (including phenoxy) is 2. The van der Waals surface area contributed by atoms with Gasteiger partial charge in [0.2, 0.25) is 15.9 Å². The Bertz CT molecular complexity index is 1240. The van der Waals surface area contributed by atoms with Gasteiger partial charge in [-0.25, -0.2) is 8.42 Å². The van der Waals surface area contributed by atoms with Gasteiger partial charge in [-0.1, -0.05) is 6.92 Å². The molecular formula is C23H31N5O6S. The van der Waals surface area contributed by atoms with Crippen LogP contribution in [0.15, 0.2) is 44.2 Å². The van der Waals surface area contributed by atoms with Crippen molar-refractivity contribution in [3.8, 4) is 11.9 Å². The fraction of sp³-hybridized carbons (Fsp3) is 0.478. The van der Waals surface area contributed by atoms with Crippen molar-refractivity contribution in [3.05, 3.63) is 45.7 Å². The van der Waals surface area contributed by atoms with E-state index in [9.17, 15) is 23.6 Å². The van der Waals surface area contributed by atoms with Gasteiger partial charge in [0.1, 0.15) is 11.6 Å². The van der Waals surface area contributed by atoms with Gasteiger partial charge in [0, 0.05) is 38.9 Å². The third-order valence-corrected chi connectivity index (χ3v) is 7.49. The summed E-state index contributed by atoms with van der Waals surface area (Å²) in [4.78, 5) is 13.0. The van der Waals surface area contributed by atoms with Crippen LogP contribution in [-0.4, -0.2) is 62.9 Å². The average Bonchev–Trinajstić information content (AvgIpc) is 2.84. The third kappa shape index (κ3) is 6.32. The molecule has 1 heterocycles. The molecule has 0 aliphatic heterocycles. The maximum atomic E-state index is 13.0. The Morgan fingerprint density at radius 3 is 2.20 bits per heavy atom. The van der Waals surface area contributed by atoms with Gasteiger partial charge >= 0.3 is 0 Å². The predicted molar refractivity (Wildman–Crippen MR) is 130 cm³/mol. The summed E-state index contributed by atoms with van der Waals surface area (Å²) in [6.07, 6.45) is 0.555. The van der Waals surface area contributed by atoms with Crippen molar-refractivity contribution in [1.29, 1.82) is 5.26 Å². The monoisotopic (exact) mass is 505 g/mol. The van der Waals surface area contributed by atoms with Crippen molar-refractivity contribution in [2.75, 3.05) is 40.5 Å². The number of hydrogen-bond donors (Lipinski definition) is 1. The summed E-state index contributed by atoms with van der Waals surface area (Å²) >= 11 is 0. The first-order chi connectivity index (χ1) is 16.6. The number of hydrogen-bond acceptors (Lipinski definition) is 9. The van der Waals surface area contributed by atoms with Crippen LogP contribution in [0.1, 0.15) is 37.4 Å². The summed E-state index contributed by atoms with van der Waals surface area (Å²) in [6, 6.07) is 7.29. The fourth-order valence-corrected chi connectivity index (χ4v) is 4.71. The summed E-state index contributed by atoms with van der Waals surface area (Å²) in [5.74, 6) is -0.399. The smallest absolute Gasteiger partial charge is 0.281 e. The molecule has 0 spiro atoms. The van der Waals surface area contributed by atoms with E-state index in [2.05, 4.69) is 10.2 Å². The van der Waals surface area contributed by atoms with Crippen LogP contribution < -0.4 is 5.56 Å². The minimum absolute atomic E-state index is 0.0486. The van der Waals surface area contributed by atoms with Crippen LogP contribution in [0.2, 0.25) is 0 Å². The van der Waals surface area contributed by atoms with Crippen LogP contribution in [-0.2, 0) is 19.5 Å². The maximum Gasteiger partial charge on any atom is 0.281 e. The molecular weight excluding hydrogens is 474 g/mol. The molecule has 0 saturated carbocycles. The van der Waals surface area contributed by atoms with Crippen LogP contribution >= 0.6 is 0 Å². The highest BCUT2D eigenvalue weighted by molar-refractivity contribution is 7.89. The van der Waals surface area contributed by atoms with Crippen LogP contribution in [0.3, 0.4) is 0 Å². The molecule has 190 valence electrons. The maximum absolute atomic E-state index is 13.0. The first-order valence-corrected chi connectivity index (χ1v) is 12.5. The molecule has 12 heteroatoms. The van der Waals surface area contributed by atoms with E-state index in [1.165, 1.54) is 49.7 Å². The van der Waals surface area contributed by atoms with Crippen molar-refractivity contribution in [3.63, 3.8) is 0 Å². The standard InChI is InChI=1S/C23H31N5O6S/c1-6-16(2)28-22(29)20(15-24)17(3)21(23(28)30)26-25-18-7-9-19(10-8-18)35(31,32)27(11-13-33-4)12-14-34-5/h7-10,16,29H,6,11-14H2,1-5H3. The van der Waals surface area contributed by atoms with Gasteiger partial charge in [0.15, 0.2) is 5.69 Å². The van der Waals surface area contributed by atoms with Crippen molar-refractivity contribution < 1.29 is 23.0 Å². The van der Waals surface area contributed by atoms with E-state index < -0.39 is 21.5 Å². The molecule has 1 atom stereocenters. The Kier molecular flexibility index (Phi) is 10.1. The van der Waals surface area contributed by atoms with Crippen LogP contribution in [0.25, 0.3) is 0 Å². The minimum atomic E-state index is -3.79. The summed E-state index contributed by atoms with van der Waals surface area (Å²) in [5, 5.41) is 28.0. The molecule has 0 amide bonds. The zero-order valence-electron chi connectivity index (χ0n) is 20.6. The molecule has 1 unspecified atom stereocenters. The molecule has 35 heavy (non-hydrogen) atoms. The van der Waals surface area contributed by atoms with Gasteiger partial charge in [-0.3, -0.25) is 9.36 Å². The number of aromatic nitrogens is 1. The molecule has 1 N–H and O–H groups in total. The first kappa shape index (κ1) is 28.1. The number of sulfonamides is 1. The summed E-state index contributed by atoms with van der Waals surface area (Å²) in [7, 11) is -0.803. The number of methoxy groups -OCH3 is 2. The average molecular weight is 506 g/mol. The second kappa shape index (κ2) is 12.6. The fourth-order valence-electron chi connectivity index (χ4n) is 3.30. The zero-order chi connectivity index (χ0) is 26.2. The van der Waals surface area contributed by atoms with Gasteiger partial charge in [0.25, 0.3) is 5.56 Å². The first-order valence-electron chi connectivity index (χ1n) is 11.0. The number of benzene rings is 1. The highest BCUT2D eigenvalue weighted by Gasteiger charge is 2.24. The molecule has 2 aromatic rings. The van der Waals surface area contributed by atoms with Gasteiger partial charge < -0.3 is 14.6 Å². The molecule has 0 aliphatic carbocycles. The summed E-state index contributed by atoms with van der Waals surface area (Å²) < 4.78 is 38.5. The van der Waals surface area contributed by atoms with Gasteiger partial charge in [-0.15, -0.1) is 5.11 Å². The lowest BCUT2D eigenvalue weighted by Gasteiger charge is -2.21. The van der Waals surface area contributed by atoms with E-state index in [4.69, 9.17) is 9.47 Å². The molecule has 0 radical (unpaired) electrons. The number of azo groups is 1. The van der Waals surface area contributed by atoms with Crippen molar-refractivity contribution in [2.45, 2.75) is 38.1 Å². The van der Waals surface area contributed by atoms with Crippen molar-refractivity contribution >= 4 is 21.4 Å². The Morgan fingerprint density at radius 2 is 1.71 bits per heavy atom. The second-order valence-corrected chi connectivity index (χ2v) is 9.74. The van der Waals surface area contributed by atoms with Crippen LogP contribution in [0, 0.1) is 18.3 Å². The Labute approximate surface area is 205 Å². The molecule has 1 aromatic carbocycles. The van der Waals surface area contributed by atoms with Crippen molar-refractivity contribution in [1.82, 2.24) is 8.87 Å². The quantitative estimate of drug-likeness (QED) is 0.435. The normalized spacial score (nSPS) is 12.8. The molecule has 0 aliphatic rings. The topological polar surface area (TPSA) is 147 Å². The Hall–Kier alpha value is -3.11. The second-order valence-electron chi connectivity index (χ2n) is 7.80. The lowest BCUT2D eigenvalue weighted by atomic mass is 10.1. The van der Waals surface area contributed by atoms with Crippen molar-refractivity contribution in [2.24, 2.45) is 10.2 Å². The lowest BCUT2D eigenvalue weighted by molar-refractivity contribution is 0.150. The predicted octanol–water partition coefficient (Wildman–Crippen LogP) is 3.40. The number of pyridine rings is 1. The van der Waals surface area contributed by atoms with E-state index in [0.717, 1.165) is 4.57 Å². The zero-order valence-corrected chi connectivity index (χ0v) is 21.4. The Morgan fingerprint density at radius 1 is 1.14 bits per heavy atom. The SMILES string of the molecule is CCC(C)n1c(O)c(C#N)c(C)c(N=Nc2ccc(S(=O)(=O)N(CCOC)CCOC)cc2)c1=O. The van der Waals surface area contributed by atoms with E-state index in [0.29, 0.717) is 12.1 Å². The van der Waals surface area contributed by atoms with Gasteiger partial charge in [-0.05, 0) is 44.5 Å². The van der Waals surface area contributed by atoms with E-state index in [1.807, 2.05) is 13.0 Å². The summed E-state index contributed by atoms with van der Waals surface area (Å²) in [5.41, 5.74) is -0.161. The molecule has 0 bridgehead atoms. The number of aromatic hydroxyl groups is 1. The minimum Gasteiger partial charge on any atom is -0.493 e. The number of rotatable bonds is 12. The largest absolute Gasteiger partial charge is 0.493 e. The Balaban J connectivity index is 2.41. The molecule has 11 nitrogen and oxygen atoms in total. The van der Waals surface area contributed by atoms with Gasteiger partial charge in [0.05, 0.1) is 23.8 Å². The third-order valence-electron chi connectivity index (χ3n) is 5.58. The highest BCUT2D eigenvalue weighted by atomic mass is 32.2. The molecule has 1 aromatic heterocycles. The number of nitrogens with zero attached hydrogens (tertiary/aromatic N) is 5. The van der Waals surface area contributed by atoms with Crippen LogP contribution in [0.5, 0.6) is 5.88 Å². The van der Waals surface area contributed by atoms with E-state index in [-0.39, 0.29) is 54.1 Å². The number of nitriles is 1. The molecule has 0 saturated heterocycles. The van der Waals surface area contributed by atoms with Gasteiger partial charge in [-0.2, -0.15) is 14.7 Å². The molecule has 0 fully saturated rings. The molecule has 2 rings (SSSR count). The van der Waals surface area contributed by atoms with E-state index >= 15 is 0 Å². The lowest BCUT2D eigenvalue weighted by Crippen LogP contribution is -2.36. The van der Waals surface area contributed by atoms with E-state index in [1.54, 1.807) is 6.92 Å². The van der Waals surface area contributed by atoms with Crippen LogP contribution in [0.4, 0.5) is 11.4 Å². The highest BCUT2D eigenvalue weighted by Crippen LogP contribution is 2.29.